The molecule has 0 aromatic carbocycles. The number of carbonyl (C=O) groups is 1. The molecule has 1 atom stereocenters. The molecule has 1 amide bonds. The monoisotopic (exact) mass is 375 g/mol. The second-order valence-electron chi connectivity index (χ2n) is 8.03. The lowest BCUT2D eigenvalue weighted by atomic mass is 9.78. The van der Waals surface area contributed by atoms with Crippen molar-refractivity contribution in [3.8, 4) is 6.07 Å². The largest absolute Gasteiger partial charge is 0.354 e. The van der Waals surface area contributed by atoms with Crippen LogP contribution in [0.15, 0.2) is 30.6 Å². The van der Waals surface area contributed by atoms with Gasteiger partial charge >= 0.3 is 0 Å². The summed E-state index contributed by atoms with van der Waals surface area (Å²) in [6, 6.07) is 8.17. The van der Waals surface area contributed by atoms with Crippen LogP contribution < -0.4 is 4.90 Å². The fourth-order valence-corrected chi connectivity index (χ4v) is 4.63. The van der Waals surface area contributed by atoms with E-state index in [0.717, 1.165) is 55.0 Å². The first kappa shape index (κ1) is 18.4. The number of nitrogens with zero attached hydrogens (tertiary/aromatic N) is 5. The van der Waals surface area contributed by atoms with Crippen LogP contribution in [0.25, 0.3) is 0 Å². The number of nitriles is 1. The van der Waals surface area contributed by atoms with Gasteiger partial charge in [0.1, 0.15) is 11.9 Å². The molecule has 28 heavy (non-hydrogen) atoms. The van der Waals surface area contributed by atoms with Gasteiger partial charge in [-0.2, -0.15) is 5.26 Å². The lowest BCUT2D eigenvalue weighted by Gasteiger charge is -2.39. The zero-order chi connectivity index (χ0) is 19.7. The number of likely N-dealkylation sites (tertiary alicyclic amines) is 1. The average Bonchev–Trinajstić information content (AvgIpc) is 3.11. The van der Waals surface area contributed by atoms with Gasteiger partial charge in [-0.1, -0.05) is 6.07 Å². The third-order valence-corrected chi connectivity index (χ3v) is 6.01. The topological polar surface area (TPSA) is 73.1 Å². The molecular weight excluding hydrogens is 350 g/mol. The van der Waals surface area contributed by atoms with Crippen molar-refractivity contribution in [3.63, 3.8) is 0 Å². The lowest BCUT2D eigenvalue weighted by Crippen LogP contribution is -2.49. The molecule has 2 aliphatic heterocycles. The third kappa shape index (κ3) is 3.22. The zero-order valence-corrected chi connectivity index (χ0v) is 16.5. The highest BCUT2D eigenvalue weighted by Gasteiger charge is 2.49. The lowest BCUT2D eigenvalue weighted by molar-refractivity contribution is -0.145. The first-order valence-corrected chi connectivity index (χ1v) is 9.84. The summed E-state index contributed by atoms with van der Waals surface area (Å²) in [6.45, 7) is 6.70. The smallest absolute Gasteiger partial charge is 0.230 e. The molecule has 0 saturated carbocycles. The van der Waals surface area contributed by atoms with Gasteiger partial charge in [-0.05, 0) is 56.4 Å². The molecule has 4 heterocycles. The highest BCUT2D eigenvalue weighted by molar-refractivity contribution is 5.85. The van der Waals surface area contributed by atoms with Gasteiger partial charge in [0.15, 0.2) is 0 Å². The molecule has 2 aromatic heterocycles. The first-order chi connectivity index (χ1) is 13.5. The van der Waals surface area contributed by atoms with E-state index in [1.54, 1.807) is 6.20 Å². The van der Waals surface area contributed by atoms with Crippen molar-refractivity contribution in [3.05, 3.63) is 53.0 Å². The molecule has 2 aliphatic rings. The van der Waals surface area contributed by atoms with E-state index >= 15 is 0 Å². The Hall–Kier alpha value is -2.94. The van der Waals surface area contributed by atoms with Crippen LogP contribution in [0, 0.1) is 30.6 Å². The highest BCUT2D eigenvalue weighted by Crippen LogP contribution is 2.42. The number of pyridine rings is 2. The third-order valence-electron chi connectivity index (χ3n) is 6.01. The quantitative estimate of drug-likeness (QED) is 0.825. The number of piperidine rings is 1. The molecule has 144 valence electrons. The maximum Gasteiger partial charge on any atom is 0.230 e. The van der Waals surface area contributed by atoms with Gasteiger partial charge in [-0.15, -0.1) is 0 Å². The van der Waals surface area contributed by atoms with Gasteiger partial charge in [0.2, 0.25) is 5.91 Å². The highest BCUT2D eigenvalue weighted by atomic mass is 16.2. The zero-order valence-electron chi connectivity index (χ0n) is 16.5. The molecule has 6 nitrogen and oxygen atoms in total. The van der Waals surface area contributed by atoms with Crippen molar-refractivity contribution in [2.75, 3.05) is 24.5 Å². The molecule has 2 saturated heterocycles. The maximum atomic E-state index is 13.4. The summed E-state index contributed by atoms with van der Waals surface area (Å²) in [5.41, 5.74) is 3.16. The Balaban J connectivity index is 1.57. The van der Waals surface area contributed by atoms with E-state index in [0.29, 0.717) is 18.7 Å². The second kappa shape index (κ2) is 7.23. The van der Waals surface area contributed by atoms with Gasteiger partial charge in [0, 0.05) is 44.3 Å². The number of amides is 1. The molecule has 6 heteroatoms. The van der Waals surface area contributed by atoms with Crippen molar-refractivity contribution in [1.29, 1.82) is 5.26 Å². The van der Waals surface area contributed by atoms with Gasteiger partial charge in [0.05, 0.1) is 11.0 Å². The van der Waals surface area contributed by atoms with Crippen LogP contribution in [0.2, 0.25) is 0 Å². The van der Waals surface area contributed by atoms with Crippen LogP contribution in [0.5, 0.6) is 0 Å². The minimum Gasteiger partial charge on any atom is -0.354 e. The first-order valence-electron chi connectivity index (χ1n) is 9.84. The number of anilines is 1. The van der Waals surface area contributed by atoms with E-state index in [1.807, 2.05) is 43.1 Å². The van der Waals surface area contributed by atoms with Crippen molar-refractivity contribution >= 4 is 11.7 Å². The summed E-state index contributed by atoms with van der Waals surface area (Å²) in [5.74, 6) is 0.960. The Kier molecular flexibility index (Phi) is 4.76. The van der Waals surface area contributed by atoms with Crippen LogP contribution in [-0.2, 0) is 11.3 Å². The Morgan fingerprint density at radius 3 is 2.89 bits per heavy atom. The standard InChI is InChI=1S/C22H25N5O/c1-16-11-17(2)25-20(19(16)12-23)27-10-7-22(15-27)6-4-9-26(21(22)28)14-18-5-3-8-24-13-18/h3,5,8,11,13H,4,6-7,9-10,14-15H2,1-2H3/t22-/m1/s1. The summed E-state index contributed by atoms with van der Waals surface area (Å²) in [6.07, 6.45) is 6.30. The number of rotatable bonds is 3. The maximum absolute atomic E-state index is 13.4. The summed E-state index contributed by atoms with van der Waals surface area (Å²) in [4.78, 5) is 26.3. The Bertz CT molecular complexity index is 936. The summed E-state index contributed by atoms with van der Waals surface area (Å²) < 4.78 is 0. The fourth-order valence-electron chi connectivity index (χ4n) is 4.63. The van der Waals surface area contributed by atoms with Crippen LogP contribution in [0.1, 0.15) is 41.6 Å². The average molecular weight is 375 g/mol. The number of hydrogen-bond acceptors (Lipinski definition) is 5. The van der Waals surface area contributed by atoms with E-state index in [-0.39, 0.29) is 11.3 Å². The van der Waals surface area contributed by atoms with E-state index < -0.39 is 0 Å². The Morgan fingerprint density at radius 2 is 2.14 bits per heavy atom. The number of hydrogen-bond donors (Lipinski definition) is 0. The molecule has 1 spiro atoms. The fraction of sp³-hybridized carbons (Fsp3) is 0.455. The predicted octanol–water partition coefficient (Wildman–Crippen LogP) is 2.98. The number of carbonyl (C=O) groups excluding carboxylic acids is 1. The van der Waals surface area contributed by atoms with Crippen molar-refractivity contribution in [2.45, 2.75) is 39.7 Å². The Labute approximate surface area is 165 Å². The van der Waals surface area contributed by atoms with Crippen molar-refractivity contribution in [1.82, 2.24) is 14.9 Å². The van der Waals surface area contributed by atoms with Crippen LogP contribution in [0.4, 0.5) is 5.82 Å². The summed E-state index contributed by atoms with van der Waals surface area (Å²) >= 11 is 0. The summed E-state index contributed by atoms with van der Waals surface area (Å²) in [5, 5.41) is 9.61. The SMILES string of the molecule is Cc1cc(C)c(C#N)c(N2CC[C@]3(CCCN(Cc4cccnc4)C3=O)C2)n1. The molecule has 2 fully saturated rings. The molecule has 0 bridgehead atoms. The van der Waals surface area contributed by atoms with Crippen molar-refractivity contribution in [2.24, 2.45) is 5.41 Å². The number of aryl methyl sites for hydroxylation is 2. The molecule has 0 unspecified atom stereocenters. The van der Waals surface area contributed by atoms with Gasteiger partial charge in [0.25, 0.3) is 0 Å². The molecule has 0 radical (unpaired) electrons. The minimum absolute atomic E-state index is 0.230. The predicted molar refractivity (Wildman–Crippen MR) is 107 cm³/mol. The molecule has 0 N–H and O–H groups in total. The normalized spacial score (nSPS) is 22.0. The van der Waals surface area contributed by atoms with E-state index in [4.69, 9.17) is 0 Å². The van der Waals surface area contributed by atoms with Crippen LogP contribution >= 0.6 is 0 Å². The van der Waals surface area contributed by atoms with Gasteiger partial charge in [-0.25, -0.2) is 4.98 Å². The molecule has 4 rings (SSSR count). The Morgan fingerprint density at radius 1 is 1.29 bits per heavy atom. The van der Waals surface area contributed by atoms with E-state index in [9.17, 15) is 10.1 Å². The van der Waals surface area contributed by atoms with Crippen LogP contribution in [0.3, 0.4) is 0 Å². The van der Waals surface area contributed by atoms with Crippen molar-refractivity contribution < 1.29 is 4.79 Å². The van der Waals surface area contributed by atoms with Crippen LogP contribution in [-0.4, -0.2) is 40.4 Å². The molecule has 2 aromatic rings. The van der Waals surface area contributed by atoms with E-state index in [2.05, 4.69) is 20.9 Å². The van der Waals surface area contributed by atoms with Gasteiger partial charge < -0.3 is 9.80 Å². The minimum atomic E-state index is -0.369. The van der Waals surface area contributed by atoms with E-state index in [1.165, 1.54) is 0 Å². The van der Waals surface area contributed by atoms with Gasteiger partial charge in [-0.3, -0.25) is 9.78 Å². The summed E-state index contributed by atoms with van der Waals surface area (Å²) in [7, 11) is 0. The number of aromatic nitrogens is 2. The molecule has 0 aliphatic carbocycles. The second-order valence-corrected chi connectivity index (χ2v) is 8.03. The molecular formula is C22H25N5O.